The predicted molar refractivity (Wildman–Crippen MR) is 81.2 cm³/mol. The molecule has 1 atom stereocenters. The molecule has 1 N–H and O–H groups in total. The summed E-state index contributed by atoms with van der Waals surface area (Å²) < 4.78 is 2.17. The van der Waals surface area contributed by atoms with E-state index in [0.717, 1.165) is 35.7 Å². The van der Waals surface area contributed by atoms with Crippen LogP contribution in [0.2, 0.25) is 0 Å². The Labute approximate surface area is 124 Å². The van der Waals surface area contributed by atoms with Gasteiger partial charge in [0.25, 0.3) is 0 Å². The molecule has 0 bridgehead atoms. The molecule has 0 saturated carbocycles. The number of hydrogen-bond acceptors (Lipinski definition) is 2. The molecular formula is C17H20N2O2. The maximum Gasteiger partial charge on any atom is 0.307 e. The number of aryl methyl sites for hydroxylation is 1. The summed E-state index contributed by atoms with van der Waals surface area (Å²) in [6, 6.07) is 8.48. The number of imidazole rings is 1. The van der Waals surface area contributed by atoms with Crippen molar-refractivity contribution < 1.29 is 9.90 Å². The van der Waals surface area contributed by atoms with E-state index in [1.165, 1.54) is 5.56 Å². The van der Waals surface area contributed by atoms with Crippen LogP contribution in [0.25, 0.3) is 11.3 Å². The van der Waals surface area contributed by atoms with Crippen molar-refractivity contribution in [3.05, 3.63) is 41.3 Å². The number of hydrogen-bond donors (Lipinski definition) is 1. The van der Waals surface area contributed by atoms with Gasteiger partial charge in [-0.1, -0.05) is 31.2 Å². The van der Waals surface area contributed by atoms with Crippen molar-refractivity contribution in [1.29, 1.82) is 0 Å². The molecule has 1 aromatic heterocycles. The van der Waals surface area contributed by atoms with Crippen molar-refractivity contribution >= 4 is 5.97 Å². The van der Waals surface area contributed by atoms with Gasteiger partial charge in [-0.2, -0.15) is 0 Å². The zero-order valence-corrected chi connectivity index (χ0v) is 12.5. The molecule has 2 aromatic rings. The van der Waals surface area contributed by atoms with E-state index in [2.05, 4.69) is 42.7 Å². The van der Waals surface area contributed by atoms with E-state index in [1.54, 1.807) is 0 Å². The van der Waals surface area contributed by atoms with E-state index in [4.69, 9.17) is 4.98 Å². The van der Waals surface area contributed by atoms with Crippen molar-refractivity contribution in [2.75, 3.05) is 0 Å². The van der Waals surface area contributed by atoms with Crippen LogP contribution < -0.4 is 0 Å². The molecule has 0 aliphatic carbocycles. The summed E-state index contributed by atoms with van der Waals surface area (Å²) in [5, 5.41) is 9.18. The Bertz CT molecular complexity index is 671. The highest BCUT2D eigenvalue weighted by molar-refractivity contribution is 5.70. The summed E-state index contributed by atoms with van der Waals surface area (Å²) in [7, 11) is 0. The van der Waals surface area contributed by atoms with Gasteiger partial charge in [0.05, 0.1) is 11.6 Å². The summed E-state index contributed by atoms with van der Waals surface area (Å²) in [6.07, 6.45) is 2.25. The van der Waals surface area contributed by atoms with Crippen molar-refractivity contribution in [2.24, 2.45) is 5.92 Å². The molecule has 0 fully saturated rings. The third-order valence-electron chi connectivity index (χ3n) is 4.42. The van der Waals surface area contributed by atoms with Crippen LogP contribution in [0.15, 0.2) is 24.3 Å². The lowest BCUT2D eigenvalue weighted by Gasteiger charge is -2.20. The first kappa shape index (κ1) is 13.9. The van der Waals surface area contributed by atoms with Gasteiger partial charge in [0.2, 0.25) is 0 Å². The molecule has 0 amide bonds. The number of aromatic nitrogens is 2. The van der Waals surface area contributed by atoms with Crippen LogP contribution in [0.3, 0.4) is 0 Å². The van der Waals surface area contributed by atoms with Gasteiger partial charge in [-0.3, -0.25) is 4.79 Å². The predicted octanol–water partition coefficient (Wildman–Crippen LogP) is 3.07. The van der Waals surface area contributed by atoms with Crippen molar-refractivity contribution in [2.45, 2.75) is 39.7 Å². The van der Waals surface area contributed by atoms with Gasteiger partial charge >= 0.3 is 5.97 Å². The second-order valence-electron chi connectivity index (χ2n) is 5.69. The molecule has 1 aliphatic heterocycles. The number of carboxylic acids is 1. The summed E-state index contributed by atoms with van der Waals surface area (Å²) in [5.41, 5.74) is 4.54. The van der Waals surface area contributed by atoms with E-state index >= 15 is 0 Å². The largest absolute Gasteiger partial charge is 0.481 e. The zero-order valence-electron chi connectivity index (χ0n) is 12.5. The Kier molecular flexibility index (Phi) is 3.53. The number of nitrogens with zero attached hydrogens (tertiary/aromatic N) is 2. The van der Waals surface area contributed by atoms with Gasteiger partial charge in [-0.05, 0) is 25.3 Å². The second-order valence-corrected chi connectivity index (χ2v) is 5.69. The average molecular weight is 284 g/mol. The SMILES string of the molecule is CCc1ccc(-c2nc3n(c2C)CCC(C(=O)O)C3)cc1. The van der Waals surface area contributed by atoms with Gasteiger partial charge < -0.3 is 9.67 Å². The average Bonchev–Trinajstić information content (AvgIpc) is 2.84. The maximum atomic E-state index is 11.2. The number of aliphatic carboxylic acids is 1. The molecule has 1 aliphatic rings. The van der Waals surface area contributed by atoms with Crippen LogP contribution >= 0.6 is 0 Å². The number of carbonyl (C=O) groups is 1. The van der Waals surface area contributed by atoms with E-state index in [9.17, 15) is 9.90 Å². The second kappa shape index (κ2) is 5.35. The van der Waals surface area contributed by atoms with Crippen LogP contribution in [0, 0.1) is 12.8 Å². The molecule has 3 rings (SSSR count). The lowest BCUT2D eigenvalue weighted by atomic mass is 9.98. The van der Waals surface area contributed by atoms with Crippen LogP contribution in [-0.2, 0) is 24.2 Å². The molecule has 4 nitrogen and oxygen atoms in total. The molecule has 0 spiro atoms. The Hall–Kier alpha value is -2.10. The van der Waals surface area contributed by atoms with Crippen LogP contribution in [0.4, 0.5) is 0 Å². The highest BCUT2D eigenvalue weighted by Gasteiger charge is 2.27. The minimum absolute atomic E-state index is 0.297. The van der Waals surface area contributed by atoms with Gasteiger partial charge in [0, 0.05) is 24.2 Å². The van der Waals surface area contributed by atoms with Crippen LogP contribution in [0.1, 0.15) is 30.4 Å². The zero-order chi connectivity index (χ0) is 15.0. The molecule has 1 unspecified atom stereocenters. The van der Waals surface area contributed by atoms with E-state index in [-0.39, 0.29) is 5.92 Å². The Morgan fingerprint density at radius 3 is 2.71 bits per heavy atom. The molecule has 1 aromatic carbocycles. The maximum absolute atomic E-state index is 11.2. The third-order valence-corrected chi connectivity index (χ3v) is 4.42. The fraction of sp³-hybridized carbons (Fsp3) is 0.412. The number of benzene rings is 1. The molecule has 2 heterocycles. The lowest BCUT2D eigenvalue weighted by molar-refractivity contribution is -0.142. The smallest absolute Gasteiger partial charge is 0.307 e. The first-order chi connectivity index (χ1) is 10.1. The fourth-order valence-electron chi connectivity index (χ4n) is 3.03. The normalized spacial score (nSPS) is 17.5. The van der Waals surface area contributed by atoms with Gasteiger partial charge in [0.1, 0.15) is 5.82 Å². The van der Waals surface area contributed by atoms with Crippen molar-refractivity contribution in [1.82, 2.24) is 9.55 Å². The summed E-state index contributed by atoms with van der Waals surface area (Å²) in [4.78, 5) is 15.9. The minimum atomic E-state index is -0.712. The quantitative estimate of drug-likeness (QED) is 0.942. The highest BCUT2D eigenvalue weighted by Crippen LogP contribution is 2.29. The van der Waals surface area contributed by atoms with Crippen molar-refractivity contribution in [3.8, 4) is 11.3 Å². The number of rotatable bonds is 3. The summed E-state index contributed by atoms with van der Waals surface area (Å²) in [5.74, 6) is -0.105. The number of carboxylic acid groups (broad SMARTS) is 1. The fourth-order valence-corrected chi connectivity index (χ4v) is 3.03. The standard InChI is InChI=1S/C17H20N2O2/c1-3-12-4-6-13(7-5-12)16-11(2)19-9-8-14(17(20)21)10-15(19)18-16/h4-7,14H,3,8-10H2,1-2H3,(H,20,21). The van der Waals surface area contributed by atoms with Crippen LogP contribution in [0.5, 0.6) is 0 Å². The molecule has 0 saturated heterocycles. The Morgan fingerprint density at radius 2 is 2.10 bits per heavy atom. The highest BCUT2D eigenvalue weighted by atomic mass is 16.4. The molecule has 110 valence electrons. The summed E-state index contributed by atoms with van der Waals surface area (Å²) >= 11 is 0. The number of fused-ring (bicyclic) bond motifs is 1. The molecule has 0 radical (unpaired) electrons. The third kappa shape index (κ3) is 2.46. The van der Waals surface area contributed by atoms with Crippen molar-refractivity contribution in [3.63, 3.8) is 0 Å². The topological polar surface area (TPSA) is 55.1 Å². The molecular weight excluding hydrogens is 264 g/mol. The summed E-state index contributed by atoms with van der Waals surface area (Å²) in [6.45, 7) is 4.96. The Balaban J connectivity index is 1.96. The van der Waals surface area contributed by atoms with Gasteiger partial charge in [-0.15, -0.1) is 0 Å². The molecule has 21 heavy (non-hydrogen) atoms. The molecule has 4 heteroatoms. The van der Waals surface area contributed by atoms with E-state index in [1.807, 2.05) is 0 Å². The van der Waals surface area contributed by atoms with Gasteiger partial charge in [0.15, 0.2) is 0 Å². The first-order valence-electron chi connectivity index (χ1n) is 7.48. The van der Waals surface area contributed by atoms with Crippen LogP contribution in [-0.4, -0.2) is 20.6 Å². The van der Waals surface area contributed by atoms with E-state index in [0.29, 0.717) is 12.8 Å². The lowest BCUT2D eigenvalue weighted by Crippen LogP contribution is -2.26. The minimum Gasteiger partial charge on any atom is -0.481 e. The monoisotopic (exact) mass is 284 g/mol. The van der Waals surface area contributed by atoms with E-state index < -0.39 is 5.97 Å². The van der Waals surface area contributed by atoms with Gasteiger partial charge in [-0.25, -0.2) is 4.98 Å². The first-order valence-corrected chi connectivity index (χ1v) is 7.48. The Morgan fingerprint density at radius 1 is 1.38 bits per heavy atom.